The summed E-state index contributed by atoms with van der Waals surface area (Å²) in [6.45, 7) is 2.39. The van der Waals surface area contributed by atoms with Crippen molar-refractivity contribution in [2.45, 2.75) is 23.7 Å². The largest absolute Gasteiger partial charge is 0.326 e. The van der Waals surface area contributed by atoms with Crippen LogP contribution in [0.4, 0.5) is 0 Å². The number of hydrogen-bond acceptors (Lipinski definition) is 6. The molecule has 2 aromatic heterocycles. The van der Waals surface area contributed by atoms with E-state index in [1.54, 1.807) is 4.68 Å². The first kappa shape index (κ1) is 13.8. The fraction of sp³-hybridized carbons (Fsp3) is 0.231. The Hall–Kier alpha value is -2.19. The Morgan fingerprint density at radius 2 is 2.00 bits per heavy atom. The lowest BCUT2D eigenvalue weighted by molar-refractivity contribution is 0.684. The van der Waals surface area contributed by atoms with Crippen molar-refractivity contribution < 1.29 is 0 Å². The first-order valence-corrected chi connectivity index (χ1v) is 7.26. The van der Waals surface area contributed by atoms with Crippen LogP contribution in [0.2, 0.25) is 0 Å². The van der Waals surface area contributed by atoms with E-state index >= 15 is 0 Å². The molecule has 7 nitrogen and oxygen atoms in total. The van der Waals surface area contributed by atoms with Gasteiger partial charge in [-0.25, -0.2) is 0 Å². The van der Waals surface area contributed by atoms with Gasteiger partial charge in [0.1, 0.15) is 5.03 Å². The SMILES string of the molecule is Cc1nn(C)c(Sc2nnnn2-c2ccccc2)c1CN. The molecule has 0 aliphatic carbocycles. The van der Waals surface area contributed by atoms with E-state index in [1.807, 2.05) is 49.0 Å². The molecule has 108 valence electrons. The molecule has 0 bridgehead atoms. The summed E-state index contributed by atoms with van der Waals surface area (Å²) in [4.78, 5) is 0. The van der Waals surface area contributed by atoms with E-state index in [0.29, 0.717) is 11.7 Å². The van der Waals surface area contributed by atoms with Crippen molar-refractivity contribution in [1.29, 1.82) is 0 Å². The Bertz CT molecular complexity index is 747. The highest BCUT2D eigenvalue weighted by atomic mass is 32.2. The lowest BCUT2D eigenvalue weighted by Gasteiger charge is -2.05. The fourth-order valence-corrected chi connectivity index (χ4v) is 3.11. The molecule has 2 N–H and O–H groups in total. The second kappa shape index (κ2) is 5.66. The van der Waals surface area contributed by atoms with Crippen LogP contribution in [0.1, 0.15) is 11.3 Å². The van der Waals surface area contributed by atoms with Gasteiger partial charge in [0, 0.05) is 19.2 Å². The maximum atomic E-state index is 5.82. The molecule has 0 unspecified atom stereocenters. The lowest BCUT2D eigenvalue weighted by atomic mass is 10.3. The average molecular weight is 301 g/mol. The molecular formula is C13H15N7S. The van der Waals surface area contributed by atoms with Gasteiger partial charge in [0.25, 0.3) is 0 Å². The van der Waals surface area contributed by atoms with Crippen LogP contribution in [-0.4, -0.2) is 30.0 Å². The number of nitrogens with zero attached hydrogens (tertiary/aromatic N) is 6. The first-order chi connectivity index (χ1) is 10.2. The summed E-state index contributed by atoms with van der Waals surface area (Å²) >= 11 is 1.46. The number of para-hydroxylation sites is 1. The summed E-state index contributed by atoms with van der Waals surface area (Å²) in [5.41, 5.74) is 8.68. The third-order valence-corrected chi connectivity index (χ3v) is 4.26. The van der Waals surface area contributed by atoms with Crippen LogP contribution in [0, 0.1) is 6.92 Å². The highest BCUT2D eigenvalue weighted by Gasteiger charge is 2.17. The number of hydrogen-bond donors (Lipinski definition) is 1. The Morgan fingerprint density at radius 3 is 2.71 bits per heavy atom. The average Bonchev–Trinajstić information content (AvgIpc) is 3.05. The quantitative estimate of drug-likeness (QED) is 0.782. The van der Waals surface area contributed by atoms with Gasteiger partial charge in [0.2, 0.25) is 5.16 Å². The molecule has 2 heterocycles. The predicted octanol–water partition coefficient (Wildman–Crippen LogP) is 1.31. The van der Waals surface area contributed by atoms with Crippen molar-refractivity contribution in [3.05, 3.63) is 41.6 Å². The van der Waals surface area contributed by atoms with Crippen LogP contribution < -0.4 is 5.73 Å². The minimum Gasteiger partial charge on any atom is -0.326 e. The van der Waals surface area contributed by atoms with Gasteiger partial charge in [-0.1, -0.05) is 18.2 Å². The number of tetrazole rings is 1. The van der Waals surface area contributed by atoms with E-state index in [0.717, 1.165) is 22.0 Å². The molecule has 3 aromatic rings. The zero-order valence-electron chi connectivity index (χ0n) is 11.8. The molecular weight excluding hydrogens is 286 g/mol. The Labute approximate surface area is 126 Å². The third kappa shape index (κ3) is 2.55. The van der Waals surface area contributed by atoms with Crippen molar-refractivity contribution in [2.24, 2.45) is 12.8 Å². The minimum atomic E-state index is 0.439. The molecule has 0 amide bonds. The van der Waals surface area contributed by atoms with Gasteiger partial charge in [-0.2, -0.15) is 9.78 Å². The number of aryl methyl sites for hydroxylation is 2. The molecule has 3 rings (SSSR count). The molecule has 0 saturated heterocycles. The zero-order valence-corrected chi connectivity index (χ0v) is 12.6. The molecule has 0 aliphatic heterocycles. The third-order valence-electron chi connectivity index (χ3n) is 3.12. The maximum absolute atomic E-state index is 5.82. The van der Waals surface area contributed by atoms with Gasteiger partial charge >= 0.3 is 0 Å². The van der Waals surface area contributed by atoms with E-state index < -0.39 is 0 Å². The molecule has 0 atom stereocenters. The van der Waals surface area contributed by atoms with Crippen molar-refractivity contribution in [3.63, 3.8) is 0 Å². The molecule has 0 spiro atoms. The fourth-order valence-electron chi connectivity index (χ4n) is 2.10. The van der Waals surface area contributed by atoms with E-state index in [9.17, 15) is 0 Å². The van der Waals surface area contributed by atoms with Crippen LogP contribution >= 0.6 is 11.8 Å². The molecule has 0 fully saturated rings. The van der Waals surface area contributed by atoms with Gasteiger partial charge in [-0.15, -0.1) is 5.10 Å². The van der Waals surface area contributed by atoms with E-state index in [2.05, 4.69) is 20.6 Å². The van der Waals surface area contributed by atoms with Crippen LogP contribution in [0.15, 0.2) is 40.5 Å². The molecule has 0 saturated carbocycles. The summed E-state index contributed by atoms with van der Waals surface area (Å²) in [6.07, 6.45) is 0. The smallest absolute Gasteiger partial charge is 0.220 e. The number of nitrogens with two attached hydrogens (primary N) is 1. The molecule has 0 radical (unpaired) electrons. The standard InChI is InChI=1S/C13H15N7S/c1-9-11(8-14)12(19(2)16-9)21-13-15-17-18-20(13)10-6-4-3-5-7-10/h3-7H,8,14H2,1-2H3. The topological polar surface area (TPSA) is 87.4 Å². The van der Waals surface area contributed by atoms with E-state index in [4.69, 9.17) is 5.73 Å². The summed E-state index contributed by atoms with van der Waals surface area (Å²) in [5.74, 6) is 0. The highest BCUT2D eigenvalue weighted by Crippen LogP contribution is 2.30. The Kier molecular flexibility index (Phi) is 3.72. The van der Waals surface area contributed by atoms with Gasteiger partial charge in [-0.3, -0.25) is 4.68 Å². The molecule has 8 heteroatoms. The van der Waals surface area contributed by atoms with Crippen LogP contribution in [0.5, 0.6) is 0 Å². The summed E-state index contributed by atoms with van der Waals surface area (Å²) in [7, 11) is 1.89. The van der Waals surface area contributed by atoms with Crippen LogP contribution in [-0.2, 0) is 13.6 Å². The molecule has 0 aliphatic rings. The first-order valence-electron chi connectivity index (χ1n) is 6.45. The second-order valence-corrected chi connectivity index (χ2v) is 5.46. The predicted molar refractivity (Wildman–Crippen MR) is 79.1 cm³/mol. The summed E-state index contributed by atoms with van der Waals surface area (Å²) < 4.78 is 3.51. The monoisotopic (exact) mass is 301 g/mol. The highest BCUT2D eigenvalue weighted by molar-refractivity contribution is 7.99. The normalized spacial score (nSPS) is 11.0. The minimum absolute atomic E-state index is 0.439. The maximum Gasteiger partial charge on any atom is 0.220 e. The molecule has 1 aromatic carbocycles. The van der Waals surface area contributed by atoms with Crippen LogP contribution in [0.25, 0.3) is 5.69 Å². The van der Waals surface area contributed by atoms with Crippen molar-refractivity contribution >= 4 is 11.8 Å². The van der Waals surface area contributed by atoms with E-state index in [-0.39, 0.29) is 0 Å². The van der Waals surface area contributed by atoms with Crippen molar-refractivity contribution in [3.8, 4) is 5.69 Å². The van der Waals surface area contributed by atoms with E-state index in [1.165, 1.54) is 11.8 Å². The van der Waals surface area contributed by atoms with Crippen molar-refractivity contribution in [1.82, 2.24) is 30.0 Å². The number of benzene rings is 1. The van der Waals surface area contributed by atoms with Crippen LogP contribution in [0.3, 0.4) is 0 Å². The second-order valence-electron chi connectivity index (χ2n) is 4.51. The molecule has 21 heavy (non-hydrogen) atoms. The zero-order chi connectivity index (χ0) is 14.8. The Balaban J connectivity index is 1.99. The van der Waals surface area contributed by atoms with Gasteiger partial charge in [-0.05, 0) is 41.2 Å². The summed E-state index contributed by atoms with van der Waals surface area (Å²) in [5, 5.41) is 18.0. The Morgan fingerprint density at radius 1 is 1.24 bits per heavy atom. The van der Waals surface area contributed by atoms with Gasteiger partial charge in [0.05, 0.1) is 11.4 Å². The summed E-state index contributed by atoms with van der Waals surface area (Å²) in [6, 6.07) is 9.77. The lowest BCUT2D eigenvalue weighted by Crippen LogP contribution is -2.02. The number of rotatable bonds is 4. The van der Waals surface area contributed by atoms with Crippen molar-refractivity contribution in [2.75, 3.05) is 0 Å². The van der Waals surface area contributed by atoms with Gasteiger partial charge in [0.15, 0.2) is 0 Å². The number of aromatic nitrogens is 6. The van der Waals surface area contributed by atoms with Gasteiger partial charge < -0.3 is 5.73 Å².